The summed E-state index contributed by atoms with van der Waals surface area (Å²) in [6.07, 6.45) is 0.535. The summed E-state index contributed by atoms with van der Waals surface area (Å²) in [5, 5.41) is 8.84. The molecule has 0 amide bonds. The minimum absolute atomic E-state index is 0.0628. The zero-order valence-electron chi connectivity index (χ0n) is 12.8. The van der Waals surface area contributed by atoms with E-state index in [0.717, 1.165) is 27.1 Å². The highest BCUT2D eigenvalue weighted by atomic mass is 79.9. The number of carboxylic acid groups (broad SMARTS) is 1. The second-order valence-corrected chi connectivity index (χ2v) is 7.26. The molecule has 116 valence electrons. The molecule has 0 aliphatic heterocycles. The molecule has 2 heterocycles. The van der Waals surface area contributed by atoms with Crippen LogP contribution in [0.15, 0.2) is 22.8 Å². The van der Waals surface area contributed by atoms with Crippen molar-refractivity contribution in [3.8, 4) is 0 Å². The molecular weight excluding hydrogens is 346 g/mol. The van der Waals surface area contributed by atoms with E-state index in [0.29, 0.717) is 6.42 Å². The van der Waals surface area contributed by atoms with E-state index in [1.54, 1.807) is 0 Å². The second-order valence-electron chi connectivity index (χ2n) is 6.51. The van der Waals surface area contributed by atoms with Gasteiger partial charge in [0.25, 0.3) is 0 Å². The van der Waals surface area contributed by atoms with E-state index in [4.69, 9.17) is 5.11 Å². The third-order valence-corrected chi connectivity index (χ3v) is 4.65. The number of aromatic amines is 1. The number of aryl methyl sites for hydroxylation is 1. The van der Waals surface area contributed by atoms with Crippen molar-refractivity contribution < 1.29 is 9.90 Å². The lowest BCUT2D eigenvalue weighted by Crippen LogP contribution is -2.10. The molecule has 0 atom stereocenters. The Morgan fingerprint density at radius 2 is 2.14 bits per heavy atom. The maximum atomic E-state index is 10.8. The van der Waals surface area contributed by atoms with Gasteiger partial charge in [0, 0.05) is 12.1 Å². The zero-order chi connectivity index (χ0) is 16.1. The largest absolute Gasteiger partial charge is 0.481 e. The van der Waals surface area contributed by atoms with E-state index in [1.807, 2.05) is 10.5 Å². The van der Waals surface area contributed by atoms with Crippen LogP contribution in [-0.4, -0.2) is 25.4 Å². The molecule has 0 saturated carbocycles. The molecule has 3 aromatic rings. The highest BCUT2D eigenvalue weighted by Gasteiger charge is 2.18. The summed E-state index contributed by atoms with van der Waals surface area (Å²) in [4.78, 5) is 18.5. The van der Waals surface area contributed by atoms with E-state index in [-0.39, 0.29) is 11.8 Å². The monoisotopic (exact) mass is 363 g/mol. The van der Waals surface area contributed by atoms with Gasteiger partial charge in [0.2, 0.25) is 5.78 Å². The summed E-state index contributed by atoms with van der Waals surface area (Å²) in [5.41, 5.74) is 4.10. The van der Waals surface area contributed by atoms with Crippen molar-refractivity contribution in [2.45, 2.75) is 39.0 Å². The summed E-state index contributed by atoms with van der Waals surface area (Å²) in [5.74, 6) is -0.0765. The molecular formula is C16H18BrN3O2. The fraction of sp³-hybridized carbons (Fsp3) is 0.375. The molecule has 22 heavy (non-hydrogen) atoms. The number of aromatic nitrogens is 3. The van der Waals surface area contributed by atoms with E-state index in [1.165, 1.54) is 5.56 Å². The van der Waals surface area contributed by atoms with Crippen LogP contribution in [0.25, 0.3) is 16.8 Å². The van der Waals surface area contributed by atoms with Gasteiger partial charge < -0.3 is 10.1 Å². The number of rotatable bonds is 3. The van der Waals surface area contributed by atoms with Gasteiger partial charge in [-0.3, -0.25) is 9.20 Å². The molecule has 1 aromatic carbocycles. The second kappa shape index (κ2) is 5.12. The molecule has 0 spiro atoms. The van der Waals surface area contributed by atoms with Crippen LogP contribution >= 0.6 is 15.9 Å². The van der Waals surface area contributed by atoms with Gasteiger partial charge in [0.15, 0.2) is 0 Å². The summed E-state index contributed by atoms with van der Waals surface area (Å²) in [7, 11) is 0. The molecule has 5 nitrogen and oxygen atoms in total. The first-order valence-corrected chi connectivity index (χ1v) is 7.97. The molecule has 0 fully saturated rings. The van der Waals surface area contributed by atoms with Crippen molar-refractivity contribution in [1.29, 1.82) is 0 Å². The number of aliphatic carboxylic acids is 1. The summed E-state index contributed by atoms with van der Waals surface area (Å²) in [6, 6.07) is 6.28. The summed E-state index contributed by atoms with van der Waals surface area (Å²) in [6.45, 7) is 6.53. The number of carbonyl (C=O) groups is 1. The number of H-pyrrole nitrogens is 1. The van der Waals surface area contributed by atoms with E-state index in [2.05, 4.69) is 58.8 Å². The number of halogens is 1. The Balaban J connectivity index is 2.15. The van der Waals surface area contributed by atoms with Gasteiger partial charge in [-0.1, -0.05) is 26.8 Å². The average Bonchev–Trinajstić information content (AvgIpc) is 2.91. The number of benzene rings is 1. The van der Waals surface area contributed by atoms with Gasteiger partial charge >= 0.3 is 5.97 Å². The van der Waals surface area contributed by atoms with Crippen LogP contribution in [0.3, 0.4) is 0 Å². The van der Waals surface area contributed by atoms with Crippen LogP contribution in [0.2, 0.25) is 0 Å². The lowest BCUT2D eigenvalue weighted by atomic mass is 9.87. The highest BCUT2D eigenvalue weighted by molar-refractivity contribution is 9.10. The summed E-state index contributed by atoms with van der Waals surface area (Å²) < 4.78 is 2.85. The molecule has 2 aromatic heterocycles. The minimum Gasteiger partial charge on any atom is -0.481 e. The summed E-state index contributed by atoms with van der Waals surface area (Å²) >= 11 is 3.58. The van der Waals surface area contributed by atoms with Gasteiger partial charge in [-0.2, -0.15) is 0 Å². The molecule has 0 bridgehead atoms. The van der Waals surface area contributed by atoms with Crippen LogP contribution in [0.1, 0.15) is 38.4 Å². The Morgan fingerprint density at radius 3 is 2.77 bits per heavy atom. The molecule has 0 aliphatic carbocycles. The van der Waals surface area contributed by atoms with Crippen molar-refractivity contribution >= 4 is 38.7 Å². The van der Waals surface area contributed by atoms with Crippen molar-refractivity contribution in [2.24, 2.45) is 0 Å². The number of fused-ring (bicyclic) bond motifs is 3. The van der Waals surface area contributed by atoms with Crippen molar-refractivity contribution in [1.82, 2.24) is 14.4 Å². The lowest BCUT2D eigenvalue weighted by Gasteiger charge is -2.18. The molecule has 0 aliphatic rings. The first-order chi connectivity index (χ1) is 10.3. The van der Waals surface area contributed by atoms with Crippen LogP contribution in [-0.2, 0) is 16.6 Å². The first-order valence-electron chi connectivity index (χ1n) is 7.18. The van der Waals surface area contributed by atoms with E-state index in [9.17, 15) is 4.79 Å². The molecule has 0 unspecified atom stereocenters. The quantitative estimate of drug-likeness (QED) is 0.741. The van der Waals surface area contributed by atoms with Crippen LogP contribution < -0.4 is 0 Å². The van der Waals surface area contributed by atoms with Crippen molar-refractivity contribution in [3.05, 3.63) is 34.1 Å². The maximum Gasteiger partial charge on any atom is 0.303 e. The Bertz CT molecular complexity index is 871. The van der Waals surface area contributed by atoms with Gasteiger partial charge in [0.05, 0.1) is 17.5 Å². The Morgan fingerprint density at radius 1 is 1.41 bits per heavy atom. The Kier molecular flexibility index (Phi) is 3.51. The molecule has 3 rings (SSSR count). The van der Waals surface area contributed by atoms with E-state index < -0.39 is 5.97 Å². The third kappa shape index (κ3) is 2.52. The van der Waals surface area contributed by atoms with Crippen molar-refractivity contribution in [3.63, 3.8) is 0 Å². The number of nitrogens with zero attached hydrogens (tertiary/aromatic N) is 2. The number of hydrogen-bond donors (Lipinski definition) is 2. The highest BCUT2D eigenvalue weighted by Crippen LogP contribution is 2.29. The van der Waals surface area contributed by atoms with Crippen LogP contribution in [0, 0.1) is 0 Å². The first kappa shape index (κ1) is 15.1. The van der Waals surface area contributed by atoms with Gasteiger partial charge in [-0.15, -0.1) is 0 Å². The fourth-order valence-corrected chi connectivity index (χ4v) is 3.20. The molecule has 0 saturated heterocycles. The molecule has 0 radical (unpaired) electrons. The molecule has 2 N–H and O–H groups in total. The van der Waals surface area contributed by atoms with Gasteiger partial charge in [-0.25, -0.2) is 4.98 Å². The lowest BCUT2D eigenvalue weighted by molar-refractivity contribution is -0.136. The van der Waals surface area contributed by atoms with Gasteiger partial charge in [0.1, 0.15) is 4.60 Å². The third-order valence-electron chi connectivity index (χ3n) is 3.82. The standard InChI is InChI=1S/C16H18BrN3O2/c1-16(2,3)9-4-5-10-12(8-9)20-14(17)11(6-7-13(21)22)19-15(20)18-10/h4-5,8H,6-7H2,1-3H3,(H,18,19)(H,21,22). The smallest absolute Gasteiger partial charge is 0.303 e. The zero-order valence-corrected chi connectivity index (χ0v) is 14.4. The number of hydrogen-bond acceptors (Lipinski definition) is 2. The van der Waals surface area contributed by atoms with Gasteiger partial charge in [-0.05, 0) is 39.0 Å². The fourth-order valence-electron chi connectivity index (χ4n) is 2.54. The van der Waals surface area contributed by atoms with Crippen molar-refractivity contribution in [2.75, 3.05) is 0 Å². The van der Waals surface area contributed by atoms with Crippen LogP contribution in [0.4, 0.5) is 0 Å². The average molecular weight is 364 g/mol. The minimum atomic E-state index is -0.806. The van der Waals surface area contributed by atoms with Crippen LogP contribution in [0.5, 0.6) is 0 Å². The normalized spacial score (nSPS) is 12.4. The Labute approximate surface area is 136 Å². The SMILES string of the molecule is CC(C)(C)c1ccc2nc3[nH]c(CCC(=O)O)c(Br)n3c2c1. The topological polar surface area (TPSA) is 70.4 Å². The number of carboxylic acids is 1. The number of nitrogens with one attached hydrogen (secondary N) is 1. The van der Waals surface area contributed by atoms with E-state index >= 15 is 0 Å². The molecule has 6 heteroatoms. The Hall–Kier alpha value is -1.82. The predicted molar refractivity (Wildman–Crippen MR) is 89.4 cm³/mol. The number of imidazole rings is 2. The maximum absolute atomic E-state index is 10.8. The predicted octanol–water partition coefficient (Wildman–Crippen LogP) is 3.89.